The van der Waals surface area contributed by atoms with Crippen LogP contribution in [0.25, 0.3) is 0 Å². The number of ether oxygens (including phenoxy) is 1. The Morgan fingerprint density at radius 3 is 2.39 bits per heavy atom. The number of oxime groups is 1. The van der Waals surface area contributed by atoms with Crippen molar-refractivity contribution >= 4 is 56.2 Å². The molecule has 0 radical (unpaired) electrons. The number of rotatable bonds is 4. The van der Waals surface area contributed by atoms with Gasteiger partial charge >= 0.3 is 12.3 Å². The van der Waals surface area contributed by atoms with Gasteiger partial charge in [0.1, 0.15) is 5.71 Å². The molecule has 0 saturated carbocycles. The Hall–Kier alpha value is -2.02. The van der Waals surface area contributed by atoms with E-state index in [1.54, 1.807) is 0 Å². The van der Waals surface area contributed by atoms with Gasteiger partial charge in [-0.3, -0.25) is 0 Å². The molecule has 7 nitrogen and oxygen atoms in total. The van der Waals surface area contributed by atoms with E-state index in [4.69, 9.17) is 32.8 Å². The Balaban J connectivity index is 1.43. The first kappa shape index (κ1) is 25.6. The van der Waals surface area contributed by atoms with Crippen LogP contribution in [0.1, 0.15) is 40.8 Å². The van der Waals surface area contributed by atoms with E-state index in [0.29, 0.717) is 17.7 Å². The van der Waals surface area contributed by atoms with Crippen LogP contribution in [0.3, 0.4) is 0 Å². The zero-order chi connectivity index (χ0) is 25.9. The highest BCUT2D eigenvalue weighted by molar-refractivity contribution is 7.92. The average molecular weight is 583 g/mol. The van der Waals surface area contributed by atoms with Gasteiger partial charge in [0.2, 0.25) is 0 Å². The second-order valence-corrected chi connectivity index (χ2v) is 13.0. The molecule has 1 atom stereocenters. The summed E-state index contributed by atoms with van der Waals surface area (Å²) in [5.74, 6) is -0.311. The van der Waals surface area contributed by atoms with Crippen molar-refractivity contribution in [2.45, 2.75) is 49.9 Å². The summed E-state index contributed by atoms with van der Waals surface area (Å²) >= 11 is 13.0. The highest BCUT2D eigenvalue weighted by atomic mass is 35.5. The Bertz CT molecular complexity index is 1340. The third kappa shape index (κ3) is 4.68. The fourth-order valence-corrected chi connectivity index (χ4v) is 7.70. The number of halogens is 5. The van der Waals surface area contributed by atoms with Crippen LogP contribution in [-0.4, -0.2) is 43.9 Å². The molecular weight excluding hydrogens is 564 g/mol. The van der Waals surface area contributed by atoms with Crippen LogP contribution in [0.2, 0.25) is 10.0 Å². The molecule has 1 fully saturated rings. The van der Waals surface area contributed by atoms with Crippen molar-refractivity contribution in [3.05, 3.63) is 49.8 Å². The predicted molar refractivity (Wildman–Crippen MR) is 129 cm³/mol. The van der Waals surface area contributed by atoms with Crippen molar-refractivity contribution in [1.82, 2.24) is 5.32 Å². The minimum absolute atomic E-state index is 0.0349. The zero-order valence-electron chi connectivity index (χ0n) is 18.5. The third-order valence-corrected chi connectivity index (χ3v) is 9.84. The van der Waals surface area contributed by atoms with Gasteiger partial charge in [0.15, 0.2) is 14.9 Å². The molecule has 1 unspecified atom stereocenters. The summed E-state index contributed by atoms with van der Waals surface area (Å²) in [6, 6.07) is 3.12. The van der Waals surface area contributed by atoms with Crippen molar-refractivity contribution in [1.29, 1.82) is 0 Å². The molecule has 2 aliphatic heterocycles. The summed E-state index contributed by atoms with van der Waals surface area (Å²) in [6.07, 6.45) is -3.40. The smallest absolute Gasteiger partial charge is 0.399 e. The zero-order valence-corrected chi connectivity index (χ0v) is 21.6. The number of carbonyl (C=O) groups is 1. The maximum Gasteiger partial charge on any atom is 0.435 e. The van der Waals surface area contributed by atoms with Crippen LogP contribution in [-0.2, 0) is 33.1 Å². The van der Waals surface area contributed by atoms with Gasteiger partial charge < -0.3 is 14.9 Å². The quantitative estimate of drug-likeness (QED) is 0.521. The Kier molecular flexibility index (Phi) is 6.46. The number of hydrogen-bond acceptors (Lipinski definition) is 7. The Labute approximate surface area is 218 Å². The second kappa shape index (κ2) is 9.07. The summed E-state index contributed by atoms with van der Waals surface area (Å²) in [5.41, 5.74) is -1.41. The minimum atomic E-state index is -4.83. The van der Waals surface area contributed by atoms with Crippen LogP contribution in [0.5, 0.6) is 5.06 Å². The van der Waals surface area contributed by atoms with E-state index < -0.39 is 40.2 Å². The van der Waals surface area contributed by atoms with Gasteiger partial charge in [0.05, 0.1) is 28.8 Å². The van der Waals surface area contributed by atoms with E-state index in [1.807, 2.05) is 0 Å². The normalized spacial score (nSPS) is 23.3. The average Bonchev–Trinajstić information content (AvgIpc) is 3.35. The van der Waals surface area contributed by atoms with E-state index in [9.17, 15) is 26.4 Å². The van der Waals surface area contributed by atoms with Crippen molar-refractivity contribution in [2.75, 3.05) is 11.5 Å². The van der Waals surface area contributed by atoms with Gasteiger partial charge in [-0.1, -0.05) is 39.7 Å². The number of benzene rings is 1. The van der Waals surface area contributed by atoms with Crippen molar-refractivity contribution in [2.24, 2.45) is 5.16 Å². The van der Waals surface area contributed by atoms with E-state index >= 15 is 0 Å². The first-order valence-corrected chi connectivity index (χ1v) is 14.4. The van der Waals surface area contributed by atoms with Crippen molar-refractivity contribution in [3.8, 4) is 5.06 Å². The number of hydrogen-bond donors (Lipinski definition) is 1. The Morgan fingerprint density at radius 1 is 1.14 bits per heavy atom. The molecule has 194 valence electrons. The number of nitrogens with one attached hydrogen (secondary N) is 1. The van der Waals surface area contributed by atoms with Crippen molar-refractivity contribution < 1.29 is 36.0 Å². The van der Waals surface area contributed by atoms with Gasteiger partial charge in [-0.25, -0.2) is 13.2 Å². The SMILES string of the molecule is O=C(NC1CS(=O)(=O)C1)Oc1sc(C2=NOC(c3cc(Cl)cc(Cl)c3)(C(F)(F)F)C2)c2c1CCCC2. The molecule has 0 spiro atoms. The maximum atomic E-state index is 14.4. The molecule has 0 bridgehead atoms. The summed E-state index contributed by atoms with van der Waals surface area (Å²) < 4.78 is 71.3. The fourth-order valence-electron chi connectivity index (χ4n) is 4.65. The van der Waals surface area contributed by atoms with Crippen molar-refractivity contribution in [3.63, 3.8) is 0 Å². The van der Waals surface area contributed by atoms with E-state index in [0.717, 1.165) is 47.4 Å². The lowest BCUT2D eigenvalue weighted by molar-refractivity contribution is -0.275. The summed E-state index contributed by atoms with van der Waals surface area (Å²) in [6.45, 7) is 0. The van der Waals surface area contributed by atoms with E-state index in [2.05, 4.69) is 10.5 Å². The largest absolute Gasteiger partial charge is 0.435 e. The molecule has 1 aromatic heterocycles. The number of nitrogens with zero attached hydrogens (tertiary/aromatic N) is 1. The monoisotopic (exact) mass is 582 g/mol. The highest BCUT2D eigenvalue weighted by Crippen LogP contribution is 2.51. The van der Waals surface area contributed by atoms with Crippen LogP contribution in [0.4, 0.5) is 18.0 Å². The van der Waals surface area contributed by atoms with Crippen LogP contribution in [0.15, 0.2) is 23.4 Å². The molecule has 14 heteroatoms. The minimum Gasteiger partial charge on any atom is -0.399 e. The first-order valence-electron chi connectivity index (χ1n) is 11.0. The molecule has 1 N–H and O–H groups in total. The molecule has 1 saturated heterocycles. The first-order chi connectivity index (χ1) is 16.9. The second-order valence-electron chi connectivity index (χ2n) is 8.98. The molecule has 36 heavy (non-hydrogen) atoms. The number of sulfone groups is 1. The summed E-state index contributed by atoms with van der Waals surface area (Å²) in [5, 5.41) is 6.69. The molecule has 3 aliphatic rings. The molecule has 5 rings (SSSR count). The molecule has 1 aliphatic carbocycles. The number of carbonyl (C=O) groups excluding carboxylic acids is 1. The van der Waals surface area contributed by atoms with Gasteiger partial charge in [-0.2, -0.15) is 13.2 Å². The van der Waals surface area contributed by atoms with Crippen LogP contribution < -0.4 is 10.1 Å². The van der Waals surface area contributed by atoms with Gasteiger partial charge in [0, 0.05) is 21.2 Å². The lowest BCUT2D eigenvalue weighted by atomic mass is 9.86. The summed E-state index contributed by atoms with van der Waals surface area (Å²) in [7, 11) is -3.13. The highest BCUT2D eigenvalue weighted by Gasteiger charge is 2.62. The maximum absolute atomic E-state index is 14.4. The van der Waals surface area contributed by atoms with Gasteiger partial charge in [-0.05, 0) is 49.4 Å². The summed E-state index contributed by atoms with van der Waals surface area (Å²) in [4.78, 5) is 18.0. The van der Waals surface area contributed by atoms with E-state index in [-0.39, 0.29) is 37.9 Å². The molecule has 2 aromatic rings. The predicted octanol–water partition coefficient (Wildman–Crippen LogP) is 5.40. The standard InChI is InChI=1S/C22H19Cl2F3N2O5S2/c23-12-5-11(6-13(24)7-12)21(22(25,26)27)8-17(29-34-21)18-15-3-1-2-4-16(15)19(35-18)33-20(30)28-14-9-36(31,32)10-14/h5-7,14H,1-4,8-10H2,(H,28,30). The van der Waals surface area contributed by atoms with Crippen LogP contribution in [0, 0.1) is 0 Å². The number of fused-ring (bicyclic) bond motifs is 1. The lowest BCUT2D eigenvalue weighted by Gasteiger charge is -2.29. The van der Waals surface area contributed by atoms with Crippen LogP contribution >= 0.6 is 34.5 Å². The number of amides is 1. The number of thiophene rings is 1. The lowest BCUT2D eigenvalue weighted by Crippen LogP contribution is -2.53. The Morgan fingerprint density at radius 2 is 1.78 bits per heavy atom. The topological polar surface area (TPSA) is 94.1 Å². The fraction of sp³-hybridized carbons (Fsp3) is 0.455. The van der Waals surface area contributed by atoms with E-state index in [1.165, 1.54) is 6.07 Å². The molecule has 1 aromatic carbocycles. The van der Waals surface area contributed by atoms with Gasteiger partial charge in [-0.15, -0.1) is 0 Å². The molecule has 1 amide bonds. The number of alkyl halides is 3. The van der Waals surface area contributed by atoms with Gasteiger partial charge in [0.25, 0.3) is 5.60 Å². The molecule has 3 heterocycles. The molecular formula is C22H19Cl2F3N2O5S2. The third-order valence-electron chi connectivity index (χ3n) is 6.38.